The SMILES string of the molecule is N=C1PCC(N)=C1N. The number of hydrogen-bond donors (Lipinski definition) is 3. The van der Waals surface area contributed by atoms with Crippen molar-refractivity contribution in [2.24, 2.45) is 11.5 Å². The number of allylic oxidation sites excluding steroid dienone is 2. The van der Waals surface area contributed by atoms with Gasteiger partial charge in [-0.05, 0) is 0 Å². The van der Waals surface area contributed by atoms with Crippen molar-refractivity contribution in [1.82, 2.24) is 0 Å². The normalized spacial score (nSPS) is 23.2. The van der Waals surface area contributed by atoms with Gasteiger partial charge < -0.3 is 11.5 Å². The van der Waals surface area contributed by atoms with E-state index in [0.29, 0.717) is 25.4 Å². The van der Waals surface area contributed by atoms with Gasteiger partial charge in [-0.2, -0.15) is 0 Å². The van der Waals surface area contributed by atoms with E-state index in [4.69, 9.17) is 16.9 Å². The maximum absolute atomic E-state index is 7.13. The lowest BCUT2D eigenvalue weighted by Crippen LogP contribution is -2.08. The molecule has 1 rings (SSSR count). The van der Waals surface area contributed by atoms with Crippen LogP contribution in [-0.4, -0.2) is 11.6 Å². The first-order valence-electron chi connectivity index (χ1n) is 2.28. The lowest BCUT2D eigenvalue weighted by Gasteiger charge is -1.90. The molecule has 0 saturated carbocycles. The van der Waals surface area contributed by atoms with E-state index in [1.54, 1.807) is 0 Å². The van der Waals surface area contributed by atoms with Crippen molar-refractivity contribution in [3.63, 3.8) is 0 Å². The van der Waals surface area contributed by atoms with Crippen molar-refractivity contribution in [3.8, 4) is 0 Å². The summed E-state index contributed by atoms with van der Waals surface area (Å²) in [5.41, 5.74) is 12.5. The van der Waals surface area contributed by atoms with Crippen LogP contribution < -0.4 is 11.5 Å². The molecule has 1 atom stereocenters. The van der Waals surface area contributed by atoms with Crippen LogP contribution in [0.2, 0.25) is 0 Å². The zero-order valence-electron chi connectivity index (χ0n) is 4.36. The Morgan fingerprint density at radius 3 is 2.25 bits per heavy atom. The Morgan fingerprint density at radius 2 is 2.12 bits per heavy atom. The maximum Gasteiger partial charge on any atom is 0.0762 e. The third kappa shape index (κ3) is 0.693. The smallest absolute Gasteiger partial charge is 0.0762 e. The fourth-order valence-electron chi connectivity index (χ4n) is 0.535. The molecule has 0 radical (unpaired) electrons. The Bertz CT molecular complexity index is 161. The molecule has 0 saturated heterocycles. The van der Waals surface area contributed by atoms with Gasteiger partial charge in [-0.15, -0.1) is 0 Å². The fraction of sp³-hybridized carbons (Fsp3) is 0.250. The van der Waals surface area contributed by atoms with Gasteiger partial charge in [-0.1, -0.05) is 8.58 Å². The molecule has 44 valence electrons. The molecule has 1 aliphatic heterocycles. The van der Waals surface area contributed by atoms with Gasteiger partial charge in [0.15, 0.2) is 0 Å². The summed E-state index contributed by atoms with van der Waals surface area (Å²) in [7, 11) is 0.502. The van der Waals surface area contributed by atoms with Crippen LogP contribution in [0.1, 0.15) is 0 Å². The van der Waals surface area contributed by atoms with E-state index < -0.39 is 0 Å². The van der Waals surface area contributed by atoms with Crippen LogP contribution in [0.4, 0.5) is 0 Å². The van der Waals surface area contributed by atoms with Gasteiger partial charge in [-0.3, -0.25) is 5.41 Å². The van der Waals surface area contributed by atoms with E-state index >= 15 is 0 Å². The highest BCUT2D eigenvalue weighted by molar-refractivity contribution is 7.60. The minimum Gasteiger partial charge on any atom is -0.400 e. The van der Waals surface area contributed by atoms with E-state index in [2.05, 4.69) is 0 Å². The zero-order valence-corrected chi connectivity index (χ0v) is 5.36. The molecule has 0 bridgehead atoms. The highest BCUT2D eigenvalue weighted by atomic mass is 31.1. The largest absolute Gasteiger partial charge is 0.400 e. The van der Waals surface area contributed by atoms with Crippen LogP contribution in [0.15, 0.2) is 11.4 Å². The fourth-order valence-corrected chi connectivity index (χ4v) is 1.44. The quantitative estimate of drug-likeness (QED) is 0.395. The first kappa shape index (κ1) is 5.57. The van der Waals surface area contributed by atoms with Crippen molar-refractivity contribution in [3.05, 3.63) is 11.4 Å². The summed E-state index contributed by atoms with van der Waals surface area (Å²) in [5, 5.41) is 7.13. The van der Waals surface area contributed by atoms with Crippen LogP contribution in [0.3, 0.4) is 0 Å². The molecule has 0 aromatic carbocycles. The molecule has 1 heterocycles. The number of nitrogens with two attached hydrogens (primary N) is 2. The predicted molar refractivity (Wildman–Crippen MR) is 36.3 cm³/mol. The van der Waals surface area contributed by atoms with Gasteiger partial charge in [0.2, 0.25) is 0 Å². The van der Waals surface area contributed by atoms with Crippen molar-refractivity contribution in [1.29, 1.82) is 5.41 Å². The van der Waals surface area contributed by atoms with Crippen molar-refractivity contribution in [2.45, 2.75) is 0 Å². The van der Waals surface area contributed by atoms with E-state index in [1.807, 2.05) is 0 Å². The van der Waals surface area contributed by atoms with Gasteiger partial charge in [0.25, 0.3) is 0 Å². The summed E-state index contributed by atoms with van der Waals surface area (Å²) in [6.45, 7) is 0. The lowest BCUT2D eigenvalue weighted by atomic mass is 10.4. The molecule has 0 fully saturated rings. The molecule has 0 aromatic heterocycles. The Labute approximate surface area is 49.4 Å². The molecule has 0 aliphatic carbocycles. The minimum atomic E-state index is 0.502. The average molecular weight is 129 g/mol. The van der Waals surface area contributed by atoms with Crippen LogP contribution >= 0.6 is 8.58 Å². The number of hydrogen-bond acceptors (Lipinski definition) is 3. The molecular formula is C4H8N3P. The second kappa shape index (κ2) is 1.75. The van der Waals surface area contributed by atoms with E-state index in [1.165, 1.54) is 0 Å². The number of nitrogens with one attached hydrogen (secondary N) is 1. The highest BCUT2D eigenvalue weighted by Crippen LogP contribution is 2.25. The first-order valence-corrected chi connectivity index (χ1v) is 3.49. The summed E-state index contributed by atoms with van der Waals surface area (Å²) in [6.07, 6.45) is 0.796. The predicted octanol–water partition coefficient (Wildman–Crippen LogP) is -0.215. The summed E-state index contributed by atoms with van der Waals surface area (Å²) >= 11 is 0. The van der Waals surface area contributed by atoms with Crippen LogP contribution in [0.25, 0.3) is 0 Å². The second-order valence-corrected chi connectivity index (χ2v) is 2.87. The van der Waals surface area contributed by atoms with Crippen LogP contribution in [0.5, 0.6) is 0 Å². The van der Waals surface area contributed by atoms with Gasteiger partial charge in [0.05, 0.1) is 11.1 Å². The van der Waals surface area contributed by atoms with Gasteiger partial charge in [0.1, 0.15) is 0 Å². The molecule has 4 heteroatoms. The van der Waals surface area contributed by atoms with E-state index in [0.717, 1.165) is 6.16 Å². The highest BCUT2D eigenvalue weighted by Gasteiger charge is 2.12. The third-order valence-corrected chi connectivity index (χ3v) is 2.25. The second-order valence-electron chi connectivity index (χ2n) is 1.67. The maximum atomic E-state index is 7.13. The monoisotopic (exact) mass is 129 g/mol. The summed E-state index contributed by atoms with van der Waals surface area (Å²) in [5.74, 6) is 0. The number of rotatable bonds is 0. The first-order chi connectivity index (χ1) is 3.72. The molecule has 0 amide bonds. The van der Waals surface area contributed by atoms with Gasteiger partial charge >= 0.3 is 0 Å². The van der Waals surface area contributed by atoms with Crippen molar-refractivity contribution >= 4 is 14.0 Å². The summed E-state index contributed by atoms with van der Waals surface area (Å²) in [6, 6.07) is 0. The summed E-state index contributed by atoms with van der Waals surface area (Å²) < 4.78 is 0. The van der Waals surface area contributed by atoms with E-state index in [-0.39, 0.29) is 0 Å². The minimum absolute atomic E-state index is 0.502. The molecule has 5 N–H and O–H groups in total. The average Bonchev–Trinajstić information content (AvgIpc) is 1.98. The molecule has 1 unspecified atom stereocenters. The van der Waals surface area contributed by atoms with E-state index in [9.17, 15) is 0 Å². The molecule has 3 nitrogen and oxygen atoms in total. The molecule has 0 aromatic rings. The van der Waals surface area contributed by atoms with Crippen LogP contribution in [-0.2, 0) is 0 Å². The topological polar surface area (TPSA) is 75.9 Å². The lowest BCUT2D eigenvalue weighted by molar-refractivity contribution is 1.26. The Hall–Kier alpha value is -0.560. The zero-order chi connectivity index (χ0) is 6.15. The molecule has 0 spiro atoms. The Morgan fingerprint density at radius 1 is 1.50 bits per heavy atom. The molecular weight excluding hydrogens is 121 g/mol. The Balaban J connectivity index is 2.86. The molecule has 1 aliphatic rings. The standard InChI is InChI=1S/C4H8N3P/c5-2-1-8-4(7)3(2)6/h7-8H,1,5-6H2. The van der Waals surface area contributed by atoms with Gasteiger partial charge in [0, 0.05) is 11.9 Å². The van der Waals surface area contributed by atoms with Crippen molar-refractivity contribution in [2.75, 3.05) is 6.16 Å². The Kier molecular flexibility index (Phi) is 1.22. The van der Waals surface area contributed by atoms with Crippen LogP contribution in [0, 0.1) is 5.41 Å². The third-order valence-electron chi connectivity index (χ3n) is 1.07. The summed E-state index contributed by atoms with van der Waals surface area (Å²) in [4.78, 5) is 0. The van der Waals surface area contributed by atoms with Gasteiger partial charge in [-0.25, -0.2) is 0 Å². The molecule has 8 heavy (non-hydrogen) atoms. The van der Waals surface area contributed by atoms with Crippen molar-refractivity contribution < 1.29 is 0 Å².